The molecule has 12 heteroatoms. The molecule has 0 aromatic carbocycles. The molecular formula is C40H30N4O2S6. The lowest BCUT2D eigenvalue weighted by Gasteiger charge is -2.37. The van der Waals surface area contributed by atoms with E-state index in [2.05, 4.69) is 35.7 Å². The zero-order valence-electron chi connectivity index (χ0n) is 28.4. The molecule has 6 nitrogen and oxygen atoms in total. The predicted octanol–water partition coefficient (Wildman–Crippen LogP) is 14.1. The Kier molecular flexibility index (Phi) is 9.57. The van der Waals surface area contributed by atoms with Crippen LogP contribution in [0.3, 0.4) is 0 Å². The summed E-state index contributed by atoms with van der Waals surface area (Å²) in [6.45, 7) is 20.2. The second-order valence-corrected chi connectivity index (χ2v) is 19.1. The molecule has 1 spiro atoms. The van der Waals surface area contributed by atoms with Crippen LogP contribution in [-0.4, -0.2) is 13.2 Å². The van der Waals surface area contributed by atoms with Crippen LogP contribution in [0.1, 0.15) is 83.9 Å². The third-order valence-corrected chi connectivity index (χ3v) is 17.1. The summed E-state index contributed by atoms with van der Waals surface area (Å²) >= 11 is 10.8. The summed E-state index contributed by atoms with van der Waals surface area (Å²) in [5.41, 5.74) is 2.89. The van der Waals surface area contributed by atoms with Crippen molar-refractivity contribution >= 4 is 120 Å². The Morgan fingerprint density at radius 1 is 0.750 bits per heavy atom. The summed E-state index contributed by atoms with van der Waals surface area (Å²) in [6.07, 6.45) is 13.4. The van der Waals surface area contributed by atoms with Crippen molar-refractivity contribution < 1.29 is 9.47 Å². The van der Waals surface area contributed by atoms with Crippen LogP contribution in [0.5, 0.6) is 11.5 Å². The Balaban J connectivity index is 1.24. The molecule has 1 saturated carbocycles. The monoisotopic (exact) mass is 790 g/mol. The minimum atomic E-state index is -0.0907. The molecule has 0 amide bonds. The molecule has 52 heavy (non-hydrogen) atoms. The SMILES string of the molecule is [C-]#[N+]/C(C#N)=C\c1cc(OCCC)c(-c2cc3sc4c5sc6c(c5sc4c3s2)C2(CCCCC2)C(c2sc(/C=C(\C#N)[N+]#[C-])cc2OCCC)=C6)s1. The van der Waals surface area contributed by atoms with E-state index in [0.29, 0.717) is 13.2 Å². The van der Waals surface area contributed by atoms with Crippen molar-refractivity contribution in [1.29, 1.82) is 10.5 Å². The number of fused-ring (bicyclic) bond motifs is 8. The van der Waals surface area contributed by atoms with E-state index in [0.717, 1.165) is 61.6 Å². The first-order valence-corrected chi connectivity index (χ1v) is 22.0. The van der Waals surface area contributed by atoms with E-state index in [1.54, 1.807) is 34.8 Å². The Labute approximate surface area is 326 Å². The van der Waals surface area contributed by atoms with Gasteiger partial charge in [0.2, 0.25) is 0 Å². The molecule has 0 radical (unpaired) electrons. The molecule has 0 saturated heterocycles. The smallest absolute Gasteiger partial charge is 0.263 e. The summed E-state index contributed by atoms with van der Waals surface area (Å²) in [6, 6.07) is 10.3. The number of nitriles is 2. The molecule has 0 N–H and O–H groups in total. The van der Waals surface area contributed by atoms with Gasteiger partial charge in [-0.05, 0) is 73.2 Å². The zero-order chi connectivity index (χ0) is 36.0. The highest BCUT2D eigenvalue weighted by atomic mass is 32.1. The van der Waals surface area contributed by atoms with E-state index >= 15 is 0 Å². The molecule has 2 aliphatic rings. The first-order valence-electron chi connectivity index (χ1n) is 17.1. The third kappa shape index (κ3) is 5.80. The van der Waals surface area contributed by atoms with Gasteiger partial charge in [0.05, 0.1) is 76.6 Å². The van der Waals surface area contributed by atoms with Gasteiger partial charge in [-0.3, -0.25) is 0 Å². The molecular weight excluding hydrogens is 761 g/mol. The van der Waals surface area contributed by atoms with Gasteiger partial charge < -0.3 is 9.47 Å². The summed E-state index contributed by atoms with van der Waals surface area (Å²) in [4.78, 5) is 13.2. The molecule has 8 rings (SSSR count). The van der Waals surface area contributed by atoms with E-state index in [9.17, 15) is 10.5 Å². The minimum absolute atomic E-state index is 0.0672. The molecule has 1 fully saturated rings. The van der Waals surface area contributed by atoms with Crippen LogP contribution in [0.4, 0.5) is 0 Å². The fourth-order valence-corrected chi connectivity index (χ4v) is 15.6. The molecule has 6 aromatic heterocycles. The number of thiophene rings is 6. The van der Waals surface area contributed by atoms with Crippen LogP contribution in [0.15, 0.2) is 29.6 Å². The van der Waals surface area contributed by atoms with Gasteiger partial charge in [0.15, 0.2) is 0 Å². The normalized spacial score (nSPS) is 15.5. The van der Waals surface area contributed by atoms with Crippen LogP contribution in [0.2, 0.25) is 0 Å². The Hall–Kier alpha value is -4.24. The fourth-order valence-electron chi connectivity index (χ4n) is 7.29. The molecule has 2 aliphatic carbocycles. The average molecular weight is 791 g/mol. The van der Waals surface area contributed by atoms with Gasteiger partial charge in [0, 0.05) is 24.7 Å². The quantitative estimate of drug-likeness (QED) is 0.102. The van der Waals surface area contributed by atoms with E-state index < -0.39 is 0 Å². The lowest BCUT2D eigenvalue weighted by molar-refractivity contribution is 0.316. The number of hydrogen-bond acceptors (Lipinski definition) is 10. The van der Waals surface area contributed by atoms with Crippen molar-refractivity contribution in [1.82, 2.24) is 0 Å². The highest BCUT2D eigenvalue weighted by Crippen LogP contribution is 2.64. The molecule has 0 unspecified atom stereocenters. The molecule has 0 aliphatic heterocycles. The van der Waals surface area contributed by atoms with Gasteiger partial charge in [-0.15, -0.1) is 68.0 Å². The van der Waals surface area contributed by atoms with Gasteiger partial charge in [0.1, 0.15) is 11.5 Å². The van der Waals surface area contributed by atoms with Gasteiger partial charge in [-0.1, -0.05) is 33.1 Å². The standard InChI is InChI=1S/C40H30N4O2S6/c1-5-12-45-27-16-24(14-22(20-41)43-3)47-33(27)26-18-29-32(40(26)10-8-7-9-11-40)36-38(49-29)39-37(52-36)35-31(51-39)19-30(50-35)34-28(46-13-6-2)17-25(48-34)15-23(21-42)44-4/h14-19H,5-13H2,1-2H3/b22-14+,23-15-. The van der Waals surface area contributed by atoms with Crippen molar-refractivity contribution in [2.24, 2.45) is 0 Å². The largest absolute Gasteiger partial charge is 0.492 e. The molecule has 258 valence electrons. The highest BCUT2D eigenvalue weighted by Gasteiger charge is 2.47. The van der Waals surface area contributed by atoms with Crippen molar-refractivity contribution in [3.8, 4) is 33.4 Å². The van der Waals surface area contributed by atoms with Crippen LogP contribution in [-0.2, 0) is 5.41 Å². The van der Waals surface area contributed by atoms with Crippen molar-refractivity contribution in [3.63, 3.8) is 0 Å². The zero-order valence-corrected chi connectivity index (χ0v) is 33.3. The van der Waals surface area contributed by atoms with E-state index in [-0.39, 0.29) is 16.8 Å². The van der Waals surface area contributed by atoms with Gasteiger partial charge in [0.25, 0.3) is 11.4 Å². The minimum Gasteiger partial charge on any atom is -0.492 e. The average Bonchev–Trinajstić information content (AvgIpc) is 4.02. The third-order valence-electron chi connectivity index (χ3n) is 9.46. The predicted molar refractivity (Wildman–Crippen MR) is 223 cm³/mol. The Bertz CT molecular complexity index is 2620. The van der Waals surface area contributed by atoms with Crippen LogP contribution in [0, 0.1) is 35.8 Å². The maximum Gasteiger partial charge on any atom is 0.263 e. The number of nitrogens with zero attached hydrogens (tertiary/aromatic N) is 4. The molecule has 0 bridgehead atoms. The van der Waals surface area contributed by atoms with Gasteiger partial charge in [-0.25, -0.2) is 20.2 Å². The molecule has 6 heterocycles. The van der Waals surface area contributed by atoms with Gasteiger partial charge >= 0.3 is 0 Å². The maximum absolute atomic E-state index is 9.47. The Morgan fingerprint density at radius 3 is 1.96 bits per heavy atom. The number of hydrogen-bond donors (Lipinski definition) is 0. The lowest BCUT2D eigenvalue weighted by atomic mass is 9.67. The van der Waals surface area contributed by atoms with Crippen LogP contribution >= 0.6 is 68.0 Å². The Morgan fingerprint density at radius 2 is 1.35 bits per heavy atom. The second-order valence-electron chi connectivity index (χ2n) is 12.8. The van der Waals surface area contributed by atoms with Crippen molar-refractivity contribution in [3.05, 3.63) is 77.5 Å². The summed E-state index contributed by atoms with van der Waals surface area (Å²) in [5.74, 6) is 1.66. The van der Waals surface area contributed by atoms with Crippen molar-refractivity contribution in [2.75, 3.05) is 13.2 Å². The summed E-state index contributed by atoms with van der Waals surface area (Å²) < 4.78 is 20.7. The second kappa shape index (κ2) is 14.3. The topological polar surface area (TPSA) is 74.8 Å². The fraction of sp³-hybridized carbons (Fsp3) is 0.300. The first-order chi connectivity index (χ1) is 25.4. The molecule has 0 atom stereocenters. The van der Waals surface area contributed by atoms with E-state index in [4.69, 9.17) is 22.6 Å². The molecule has 6 aromatic rings. The number of ether oxygens (including phenoxy) is 2. The van der Waals surface area contributed by atoms with Crippen LogP contribution < -0.4 is 9.47 Å². The lowest BCUT2D eigenvalue weighted by Crippen LogP contribution is -2.28. The summed E-state index contributed by atoms with van der Waals surface area (Å²) in [7, 11) is 0. The summed E-state index contributed by atoms with van der Waals surface area (Å²) in [5, 5.41) is 18.8. The number of rotatable bonds is 10. The van der Waals surface area contributed by atoms with E-state index in [1.165, 1.54) is 63.5 Å². The van der Waals surface area contributed by atoms with Crippen LogP contribution in [0.25, 0.3) is 71.4 Å². The first kappa shape index (κ1) is 34.8. The number of allylic oxidation sites excluding steroid dienone is 3. The van der Waals surface area contributed by atoms with Crippen molar-refractivity contribution in [2.45, 2.75) is 64.2 Å². The maximum atomic E-state index is 9.47. The highest BCUT2D eigenvalue weighted by molar-refractivity contribution is 7.45. The van der Waals surface area contributed by atoms with E-state index in [1.807, 2.05) is 69.6 Å². The van der Waals surface area contributed by atoms with Gasteiger partial charge in [-0.2, -0.15) is 0 Å².